The molecule has 0 radical (unpaired) electrons. The maximum Gasteiger partial charge on any atom is 0.259 e. The lowest BCUT2D eigenvalue weighted by Crippen LogP contribution is -2.28. The van der Waals surface area contributed by atoms with E-state index in [1.165, 1.54) is 30.5 Å². The van der Waals surface area contributed by atoms with Crippen molar-refractivity contribution in [1.29, 1.82) is 0 Å². The highest BCUT2D eigenvalue weighted by atomic mass is 35.5. The van der Waals surface area contributed by atoms with E-state index in [-0.39, 0.29) is 24.0 Å². The van der Waals surface area contributed by atoms with Gasteiger partial charge in [0.05, 0.1) is 17.5 Å². The van der Waals surface area contributed by atoms with Gasteiger partial charge in [-0.2, -0.15) is 0 Å². The van der Waals surface area contributed by atoms with Gasteiger partial charge >= 0.3 is 0 Å². The van der Waals surface area contributed by atoms with Gasteiger partial charge in [-0.05, 0) is 69.5 Å². The predicted molar refractivity (Wildman–Crippen MR) is 109 cm³/mol. The third-order valence-corrected chi connectivity index (χ3v) is 4.84. The summed E-state index contributed by atoms with van der Waals surface area (Å²) in [4.78, 5) is 24.4. The highest BCUT2D eigenvalue weighted by molar-refractivity contribution is 6.05. The molecule has 2 heterocycles. The summed E-state index contributed by atoms with van der Waals surface area (Å²) in [6.45, 7) is 3.66. The molecule has 2 aromatic rings. The summed E-state index contributed by atoms with van der Waals surface area (Å²) >= 11 is 0. The number of carbonyl (C=O) groups excluding carboxylic acids is 2. The second kappa shape index (κ2) is 10.2. The van der Waals surface area contributed by atoms with E-state index in [9.17, 15) is 14.0 Å². The van der Waals surface area contributed by atoms with Crippen molar-refractivity contribution in [2.24, 2.45) is 5.92 Å². The van der Waals surface area contributed by atoms with Gasteiger partial charge in [0.25, 0.3) is 5.91 Å². The zero-order chi connectivity index (χ0) is 19.2. The molecule has 2 amide bonds. The van der Waals surface area contributed by atoms with E-state index in [2.05, 4.69) is 16.0 Å². The van der Waals surface area contributed by atoms with Crippen LogP contribution < -0.4 is 16.0 Å². The molecule has 28 heavy (non-hydrogen) atoms. The fourth-order valence-electron chi connectivity index (χ4n) is 3.24. The Hall–Kier alpha value is -2.38. The molecule has 1 aromatic heterocycles. The van der Waals surface area contributed by atoms with Gasteiger partial charge in [-0.15, -0.1) is 12.4 Å². The molecule has 3 N–H and O–H groups in total. The first-order chi connectivity index (χ1) is 13.0. The molecular formula is C20H25ClFN3O3. The molecule has 0 spiro atoms. The average Bonchev–Trinajstić information content (AvgIpc) is 3.10. The quantitative estimate of drug-likeness (QED) is 0.670. The molecule has 0 atom stereocenters. The zero-order valence-corrected chi connectivity index (χ0v) is 16.5. The van der Waals surface area contributed by atoms with Crippen molar-refractivity contribution < 1.29 is 18.4 Å². The van der Waals surface area contributed by atoms with E-state index in [1.807, 2.05) is 0 Å². The number of amides is 2. The van der Waals surface area contributed by atoms with Crippen LogP contribution in [0.3, 0.4) is 0 Å². The highest BCUT2D eigenvalue weighted by Gasteiger charge is 2.16. The van der Waals surface area contributed by atoms with Crippen LogP contribution in [-0.4, -0.2) is 24.9 Å². The number of halogens is 2. The zero-order valence-electron chi connectivity index (χ0n) is 15.7. The molecule has 0 aliphatic carbocycles. The number of hydrogen-bond acceptors (Lipinski definition) is 4. The Kier molecular flexibility index (Phi) is 8.02. The fraction of sp³-hybridized carbons (Fsp3) is 0.400. The first-order valence-corrected chi connectivity index (χ1v) is 9.18. The summed E-state index contributed by atoms with van der Waals surface area (Å²) in [6, 6.07) is 5.65. The summed E-state index contributed by atoms with van der Waals surface area (Å²) < 4.78 is 19.1. The number of rotatable bonds is 6. The Morgan fingerprint density at radius 3 is 2.64 bits per heavy atom. The minimum Gasteiger partial charge on any atom is -0.469 e. The van der Waals surface area contributed by atoms with Gasteiger partial charge in [-0.1, -0.05) is 0 Å². The summed E-state index contributed by atoms with van der Waals surface area (Å²) in [5.41, 5.74) is 0.800. The number of furan rings is 1. The minimum atomic E-state index is -0.572. The number of benzene rings is 1. The van der Waals surface area contributed by atoms with Gasteiger partial charge in [0.2, 0.25) is 5.91 Å². The molecule has 152 valence electrons. The van der Waals surface area contributed by atoms with Crippen LogP contribution in [-0.2, 0) is 4.79 Å². The van der Waals surface area contributed by atoms with Gasteiger partial charge in [0.15, 0.2) is 0 Å². The van der Waals surface area contributed by atoms with Crippen LogP contribution in [0.25, 0.3) is 0 Å². The Morgan fingerprint density at radius 2 is 1.96 bits per heavy atom. The topological polar surface area (TPSA) is 83.4 Å². The Morgan fingerprint density at radius 1 is 1.21 bits per heavy atom. The average molecular weight is 410 g/mol. The highest BCUT2D eigenvalue weighted by Crippen LogP contribution is 2.22. The van der Waals surface area contributed by atoms with E-state index in [4.69, 9.17) is 4.42 Å². The van der Waals surface area contributed by atoms with Crippen LogP contribution in [0.2, 0.25) is 0 Å². The van der Waals surface area contributed by atoms with E-state index in [0.29, 0.717) is 29.3 Å². The van der Waals surface area contributed by atoms with Crippen molar-refractivity contribution in [2.45, 2.75) is 32.6 Å². The van der Waals surface area contributed by atoms with Gasteiger partial charge in [-0.25, -0.2) is 4.39 Å². The number of hydrogen-bond donors (Lipinski definition) is 3. The maximum atomic E-state index is 14.0. The Bertz CT molecular complexity index is 819. The van der Waals surface area contributed by atoms with Gasteiger partial charge in [0, 0.05) is 12.1 Å². The maximum absolute atomic E-state index is 14.0. The smallest absolute Gasteiger partial charge is 0.259 e. The molecular weight excluding hydrogens is 385 g/mol. The number of aryl methyl sites for hydroxylation is 1. The first kappa shape index (κ1) is 21.9. The van der Waals surface area contributed by atoms with E-state index in [1.54, 1.807) is 6.92 Å². The van der Waals surface area contributed by atoms with E-state index >= 15 is 0 Å². The van der Waals surface area contributed by atoms with Crippen LogP contribution in [0.4, 0.5) is 15.8 Å². The molecule has 1 saturated heterocycles. The third-order valence-electron chi connectivity index (χ3n) is 4.84. The van der Waals surface area contributed by atoms with Crippen molar-refractivity contribution in [3.05, 3.63) is 47.7 Å². The lowest BCUT2D eigenvalue weighted by Gasteiger charge is -2.22. The summed E-state index contributed by atoms with van der Waals surface area (Å²) in [5, 5.41) is 8.60. The first-order valence-electron chi connectivity index (χ1n) is 9.18. The van der Waals surface area contributed by atoms with Crippen LogP contribution in [0.1, 0.15) is 41.8 Å². The van der Waals surface area contributed by atoms with E-state index < -0.39 is 11.7 Å². The largest absolute Gasteiger partial charge is 0.469 e. The van der Waals surface area contributed by atoms with E-state index in [0.717, 1.165) is 32.4 Å². The molecule has 1 aromatic carbocycles. The molecule has 0 unspecified atom stereocenters. The molecule has 8 heteroatoms. The van der Waals surface area contributed by atoms with Crippen LogP contribution in [0, 0.1) is 18.7 Å². The van der Waals surface area contributed by atoms with Crippen molar-refractivity contribution in [2.75, 3.05) is 23.7 Å². The Labute approximate surface area is 169 Å². The molecule has 1 aliphatic heterocycles. The number of piperidine rings is 1. The van der Waals surface area contributed by atoms with Crippen molar-refractivity contribution in [3.63, 3.8) is 0 Å². The van der Waals surface area contributed by atoms with Crippen LogP contribution in [0.5, 0.6) is 0 Å². The molecule has 6 nitrogen and oxygen atoms in total. The molecule has 3 rings (SSSR count). The van der Waals surface area contributed by atoms with Gasteiger partial charge in [-0.3, -0.25) is 9.59 Å². The Balaban J connectivity index is 0.00000280. The number of carbonyl (C=O) groups is 2. The fourth-order valence-corrected chi connectivity index (χ4v) is 3.24. The normalized spacial score (nSPS) is 14.2. The second-order valence-corrected chi connectivity index (χ2v) is 6.82. The van der Waals surface area contributed by atoms with Crippen molar-refractivity contribution >= 4 is 35.6 Å². The molecule has 1 fully saturated rings. The molecule has 0 saturated carbocycles. The standard InChI is InChI=1S/C20H24FN3O3.ClH/c1-13-16(8-11-27-13)20(26)24-18-12-15(3-4-17(18)21)23-19(25)5-2-14-6-9-22-10-7-14;/h3-4,8,11-12,14,22H,2,5-7,9-10H2,1H3,(H,23,25)(H,24,26);1H. The summed E-state index contributed by atoms with van der Waals surface area (Å²) in [5.74, 6) is -0.122. The molecule has 0 bridgehead atoms. The third kappa shape index (κ3) is 5.81. The minimum absolute atomic E-state index is 0. The predicted octanol–water partition coefficient (Wildman–Crippen LogP) is 4.12. The lowest BCUT2D eigenvalue weighted by atomic mass is 9.93. The summed E-state index contributed by atoms with van der Waals surface area (Å²) in [6.07, 6.45) is 4.86. The van der Waals surface area contributed by atoms with Gasteiger partial charge < -0.3 is 20.4 Å². The molecule has 1 aliphatic rings. The van der Waals surface area contributed by atoms with Crippen LogP contribution >= 0.6 is 12.4 Å². The number of nitrogens with one attached hydrogen (secondary N) is 3. The monoisotopic (exact) mass is 409 g/mol. The summed E-state index contributed by atoms with van der Waals surface area (Å²) in [7, 11) is 0. The van der Waals surface area contributed by atoms with Crippen molar-refractivity contribution in [3.8, 4) is 0 Å². The van der Waals surface area contributed by atoms with Gasteiger partial charge in [0.1, 0.15) is 11.6 Å². The lowest BCUT2D eigenvalue weighted by molar-refractivity contribution is -0.116. The van der Waals surface area contributed by atoms with Crippen molar-refractivity contribution in [1.82, 2.24) is 5.32 Å². The second-order valence-electron chi connectivity index (χ2n) is 6.82. The van der Waals surface area contributed by atoms with Crippen LogP contribution in [0.15, 0.2) is 34.9 Å². The number of anilines is 2. The SMILES string of the molecule is Cc1occc1C(=O)Nc1cc(NC(=O)CCC2CCNCC2)ccc1F.Cl.